The number of benzene rings is 2. The van der Waals surface area contributed by atoms with Gasteiger partial charge in [-0.1, -0.05) is 30.3 Å². The van der Waals surface area contributed by atoms with Gasteiger partial charge in [-0.3, -0.25) is 0 Å². The third-order valence-electron chi connectivity index (χ3n) is 6.95. The van der Waals surface area contributed by atoms with Crippen molar-refractivity contribution in [3.63, 3.8) is 0 Å². The molecule has 0 N–H and O–H groups in total. The number of ether oxygens (including phenoxy) is 1. The zero-order chi connectivity index (χ0) is 23.2. The lowest BCUT2D eigenvalue weighted by Crippen LogP contribution is -2.46. The van der Waals surface area contributed by atoms with Crippen molar-refractivity contribution in [1.82, 2.24) is 9.78 Å². The Morgan fingerprint density at radius 2 is 1.85 bits per heavy atom. The number of sulfone groups is 1. The van der Waals surface area contributed by atoms with Gasteiger partial charge in [0.15, 0.2) is 9.84 Å². The van der Waals surface area contributed by atoms with Crippen molar-refractivity contribution >= 4 is 15.9 Å². The molecular weight excluding hydrogens is 439 g/mol. The Bertz CT molecular complexity index is 1300. The van der Waals surface area contributed by atoms with Crippen LogP contribution in [0.1, 0.15) is 42.2 Å². The van der Waals surface area contributed by atoms with E-state index in [0.717, 1.165) is 40.9 Å². The van der Waals surface area contributed by atoms with Gasteiger partial charge in [0, 0.05) is 19.8 Å². The summed E-state index contributed by atoms with van der Waals surface area (Å²) in [5.74, 6) is -0.0747. The standard InChI is InChI=1S/C26H27FN2O3S/c1-32-25(19-6-4-3-5-7-19)16-26(33(2,30)31)15-20-17-28-29(22-12-10-21(27)11-13-22)24(20)14-23(26)18-8-9-18/h3-7,10-14,17-18,25H,8-9,15-16H2,1-2H3/t25?,26-/m1/s1. The number of rotatable bonds is 7. The lowest BCUT2D eigenvalue weighted by molar-refractivity contribution is 0.0870. The highest BCUT2D eigenvalue weighted by atomic mass is 32.2. The molecule has 1 saturated carbocycles. The van der Waals surface area contributed by atoms with Crippen LogP contribution in [0, 0.1) is 11.7 Å². The predicted octanol–water partition coefficient (Wildman–Crippen LogP) is 4.92. The molecule has 0 saturated heterocycles. The number of aromatic nitrogens is 2. The van der Waals surface area contributed by atoms with E-state index in [9.17, 15) is 12.8 Å². The Morgan fingerprint density at radius 3 is 2.45 bits per heavy atom. The van der Waals surface area contributed by atoms with E-state index in [2.05, 4.69) is 5.10 Å². The molecule has 0 radical (unpaired) electrons. The number of methoxy groups -OCH3 is 1. The summed E-state index contributed by atoms with van der Waals surface area (Å²) in [5.41, 5.74) is 4.40. The number of hydrogen-bond donors (Lipinski definition) is 0. The van der Waals surface area contributed by atoms with Crippen LogP contribution in [0.2, 0.25) is 0 Å². The van der Waals surface area contributed by atoms with Crippen molar-refractivity contribution in [2.75, 3.05) is 13.4 Å². The van der Waals surface area contributed by atoms with Gasteiger partial charge in [-0.05, 0) is 72.2 Å². The van der Waals surface area contributed by atoms with Crippen molar-refractivity contribution < 1.29 is 17.5 Å². The second-order valence-electron chi connectivity index (χ2n) is 9.10. The lowest BCUT2D eigenvalue weighted by atomic mass is 9.78. The number of halogens is 1. The number of fused-ring (bicyclic) bond motifs is 1. The molecule has 0 bridgehead atoms. The first-order valence-corrected chi connectivity index (χ1v) is 13.0. The van der Waals surface area contributed by atoms with E-state index < -0.39 is 14.6 Å². The molecule has 1 aromatic heterocycles. The molecule has 2 atom stereocenters. The predicted molar refractivity (Wildman–Crippen MR) is 126 cm³/mol. The molecule has 1 unspecified atom stereocenters. The molecule has 1 heterocycles. The largest absolute Gasteiger partial charge is 0.377 e. The molecule has 2 aromatic carbocycles. The summed E-state index contributed by atoms with van der Waals surface area (Å²) in [6.45, 7) is 0. The van der Waals surface area contributed by atoms with Gasteiger partial charge in [0.2, 0.25) is 0 Å². The summed E-state index contributed by atoms with van der Waals surface area (Å²) < 4.78 is 47.0. The topological polar surface area (TPSA) is 61.2 Å². The Morgan fingerprint density at radius 1 is 1.15 bits per heavy atom. The Balaban J connectivity index is 1.63. The monoisotopic (exact) mass is 466 g/mol. The molecule has 7 heteroatoms. The maximum absolute atomic E-state index is 13.5. The summed E-state index contributed by atoms with van der Waals surface area (Å²) in [6.07, 6.45) is 7.40. The minimum absolute atomic E-state index is 0.234. The third kappa shape index (κ3) is 3.93. The second kappa shape index (κ2) is 8.22. The first-order chi connectivity index (χ1) is 15.8. The highest BCUT2D eigenvalue weighted by Gasteiger charge is 2.52. The zero-order valence-corrected chi connectivity index (χ0v) is 19.6. The number of hydrogen-bond acceptors (Lipinski definition) is 4. The van der Waals surface area contributed by atoms with Gasteiger partial charge in [-0.15, -0.1) is 0 Å². The molecule has 0 aliphatic heterocycles. The fourth-order valence-electron chi connectivity index (χ4n) is 5.03. The highest BCUT2D eigenvalue weighted by molar-refractivity contribution is 7.92. The Labute approximate surface area is 193 Å². The van der Waals surface area contributed by atoms with Gasteiger partial charge in [-0.2, -0.15) is 5.10 Å². The van der Waals surface area contributed by atoms with Gasteiger partial charge in [0.25, 0.3) is 0 Å². The minimum Gasteiger partial charge on any atom is -0.377 e. The van der Waals surface area contributed by atoms with Crippen LogP contribution in [0.25, 0.3) is 11.8 Å². The third-order valence-corrected chi connectivity index (χ3v) is 8.92. The number of nitrogens with zero attached hydrogens (tertiary/aromatic N) is 2. The first-order valence-electron chi connectivity index (χ1n) is 11.1. The smallest absolute Gasteiger partial charge is 0.157 e. The van der Waals surface area contributed by atoms with Gasteiger partial charge in [-0.25, -0.2) is 17.5 Å². The average Bonchev–Trinajstić information content (AvgIpc) is 3.57. The minimum atomic E-state index is -3.49. The van der Waals surface area contributed by atoms with Crippen molar-refractivity contribution in [3.8, 4) is 5.69 Å². The molecule has 33 heavy (non-hydrogen) atoms. The molecular formula is C26H27FN2O3S. The summed E-state index contributed by atoms with van der Waals surface area (Å²) in [5, 5.41) is 4.54. The van der Waals surface area contributed by atoms with E-state index in [-0.39, 0.29) is 17.8 Å². The Kier molecular flexibility index (Phi) is 5.49. The summed E-state index contributed by atoms with van der Waals surface area (Å²) >= 11 is 0. The van der Waals surface area contributed by atoms with Crippen LogP contribution < -0.4 is 0 Å². The van der Waals surface area contributed by atoms with Crippen molar-refractivity contribution in [2.45, 2.75) is 36.5 Å². The maximum Gasteiger partial charge on any atom is 0.157 e. The van der Waals surface area contributed by atoms with E-state index in [0.29, 0.717) is 12.8 Å². The second-order valence-corrected chi connectivity index (χ2v) is 11.4. The lowest BCUT2D eigenvalue weighted by Gasteiger charge is -2.39. The molecule has 3 aromatic rings. The van der Waals surface area contributed by atoms with Crippen molar-refractivity contribution in [3.05, 3.63) is 89.0 Å². The maximum atomic E-state index is 13.5. The summed E-state index contributed by atoms with van der Waals surface area (Å²) in [7, 11) is -1.86. The van der Waals surface area contributed by atoms with Crippen LogP contribution in [0.15, 0.2) is 66.4 Å². The SMILES string of the molecule is COC(C[C@]1(S(C)(=O)=O)Cc2cnn(-c3ccc(F)cc3)c2C=C1C1CC1)c1ccccc1. The van der Waals surface area contributed by atoms with Crippen LogP contribution >= 0.6 is 0 Å². The molecule has 172 valence electrons. The van der Waals surface area contributed by atoms with Crippen molar-refractivity contribution in [2.24, 2.45) is 5.92 Å². The van der Waals surface area contributed by atoms with Gasteiger partial charge in [0.1, 0.15) is 10.6 Å². The van der Waals surface area contributed by atoms with Crippen LogP contribution in [-0.2, 0) is 21.0 Å². The molecule has 0 spiro atoms. The zero-order valence-electron chi connectivity index (χ0n) is 18.7. The normalized spacial score (nSPS) is 21.4. The van der Waals surface area contributed by atoms with Crippen molar-refractivity contribution in [1.29, 1.82) is 0 Å². The van der Waals surface area contributed by atoms with Crippen LogP contribution in [0.3, 0.4) is 0 Å². The van der Waals surface area contributed by atoms with Crippen LogP contribution in [-0.4, -0.2) is 36.3 Å². The molecule has 2 aliphatic carbocycles. The summed E-state index contributed by atoms with van der Waals surface area (Å²) in [6, 6.07) is 16.0. The fourth-order valence-corrected chi connectivity index (χ4v) is 6.56. The van der Waals surface area contributed by atoms with Gasteiger partial charge in [0.05, 0.1) is 23.7 Å². The van der Waals surface area contributed by atoms with E-state index in [1.165, 1.54) is 18.4 Å². The van der Waals surface area contributed by atoms with Crippen LogP contribution in [0.4, 0.5) is 4.39 Å². The molecule has 0 amide bonds. The molecule has 2 aliphatic rings. The van der Waals surface area contributed by atoms with Gasteiger partial charge < -0.3 is 4.74 Å². The van der Waals surface area contributed by atoms with E-state index in [4.69, 9.17) is 4.74 Å². The van der Waals surface area contributed by atoms with E-state index >= 15 is 0 Å². The van der Waals surface area contributed by atoms with Gasteiger partial charge >= 0.3 is 0 Å². The highest BCUT2D eigenvalue weighted by Crippen LogP contribution is 2.52. The molecule has 1 fully saturated rings. The van der Waals surface area contributed by atoms with Crippen LogP contribution in [0.5, 0.6) is 0 Å². The quantitative estimate of drug-likeness (QED) is 0.496. The molecule has 5 rings (SSSR count). The average molecular weight is 467 g/mol. The first kappa shape index (κ1) is 22.0. The fraction of sp³-hybridized carbons (Fsp3) is 0.346. The summed E-state index contributed by atoms with van der Waals surface area (Å²) in [4.78, 5) is 0. The van der Waals surface area contributed by atoms with E-state index in [1.54, 1.807) is 30.1 Å². The molecule has 5 nitrogen and oxygen atoms in total. The van der Waals surface area contributed by atoms with E-state index in [1.807, 2.05) is 36.4 Å². The Hall–Kier alpha value is -2.77.